The highest BCUT2D eigenvalue weighted by Gasteiger charge is 1.98. The van der Waals surface area contributed by atoms with Crippen LogP contribution in [0, 0.1) is 6.92 Å². The summed E-state index contributed by atoms with van der Waals surface area (Å²) in [5, 5.41) is 0. The summed E-state index contributed by atoms with van der Waals surface area (Å²) in [6.45, 7) is 1.97. The van der Waals surface area contributed by atoms with Crippen LogP contribution in [-0.4, -0.2) is 0 Å². The van der Waals surface area contributed by atoms with Gasteiger partial charge in [0.15, 0.2) is 0 Å². The fourth-order valence-corrected chi connectivity index (χ4v) is 1.38. The lowest BCUT2D eigenvalue weighted by molar-refractivity contribution is 0.493. The largest absolute Gasteiger partial charge is 0.466 e. The lowest BCUT2D eigenvalue weighted by Gasteiger charge is -1.96. The maximum atomic E-state index is 5.49. The second kappa shape index (κ2) is 3.48. The van der Waals surface area contributed by atoms with Crippen molar-refractivity contribution in [3.8, 4) is 0 Å². The fourth-order valence-electron chi connectivity index (χ4n) is 1.38. The number of hydrogen-bond acceptors (Lipinski definition) is 1. The van der Waals surface area contributed by atoms with Crippen LogP contribution in [0.4, 0.5) is 0 Å². The highest BCUT2D eigenvalue weighted by molar-refractivity contribution is 5.21. The summed E-state index contributed by atoms with van der Waals surface area (Å²) in [7, 11) is 0. The zero-order chi connectivity index (χ0) is 9.10. The van der Waals surface area contributed by atoms with Gasteiger partial charge in [0, 0.05) is 6.42 Å². The minimum absolute atomic E-state index is 0.884. The van der Waals surface area contributed by atoms with Gasteiger partial charge in [-0.25, -0.2) is 0 Å². The van der Waals surface area contributed by atoms with Gasteiger partial charge >= 0.3 is 0 Å². The molecule has 1 heteroatoms. The molecular weight excluding hydrogens is 160 g/mol. The lowest BCUT2D eigenvalue weighted by Crippen LogP contribution is -1.83. The van der Waals surface area contributed by atoms with Gasteiger partial charge in [0.25, 0.3) is 0 Å². The van der Waals surface area contributed by atoms with E-state index in [1.807, 2.05) is 37.3 Å². The van der Waals surface area contributed by atoms with Gasteiger partial charge in [-0.3, -0.25) is 0 Å². The Bertz CT molecular complexity index is 373. The third-order valence-electron chi connectivity index (χ3n) is 2.02. The van der Waals surface area contributed by atoms with E-state index in [1.165, 1.54) is 5.56 Å². The molecule has 0 saturated heterocycles. The molecule has 1 aromatic heterocycles. The number of rotatable bonds is 2. The average Bonchev–Trinajstić information content (AvgIpc) is 2.53. The zero-order valence-electron chi connectivity index (χ0n) is 7.66. The van der Waals surface area contributed by atoms with Crippen molar-refractivity contribution in [2.45, 2.75) is 13.3 Å². The SMILES string of the molecule is Cc1ccc(Cc2ccccc2)o1. The topological polar surface area (TPSA) is 13.1 Å². The molecule has 13 heavy (non-hydrogen) atoms. The third kappa shape index (κ3) is 2.00. The molecule has 0 aliphatic rings. The Hall–Kier alpha value is -1.50. The third-order valence-corrected chi connectivity index (χ3v) is 2.02. The molecule has 1 nitrogen and oxygen atoms in total. The van der Waals surface area contributed by atoms with E-state index in [0.717, 1.165) is 17.9 Å². The Morgan fingerprint density at radius 2 is 1.77 bits per heavy atom. The van der Waals surface area contributed by atoms with Gasteiger partial charge < -0.3 is 4.42 Å². The predicted octanol–water partition coefficient (Wildman–Crippen LogP) is 3.18. The van der Waals surface area contributed by atoms with Crippen LogP contribution >= 0.6 is 0 Å². The first-order chi connectivity index (χ1) is 6.34. The van der Waals surface area contributed by atoms with Crippen LogP contribution in [0.2, 0.25) is 0 Å². The zero-order valence-corrected chi connectivity index (χ0v) is 7.66. The van der Waals surface area contributed by atoms with Crippen molar-refractivity contribution in [1.82, 2.24) is 0 Å². The summed E-state index contributed by atoms with van der Waals surface area (Å²) in [4.78, 5) is 0. The maximum Gasteiger partial charge on any atom is 0.108 e. The van der Waals surface area contributed by atoms with Crippen molar-refractivity contribution in [3.05, 3.63) is 59.5 Å². The minimum Gasteiger partial charge on any atom is -0.466 e. The van der Waals surface area contributed by atoms with Gasteiger partial charge in [0.05, 0.1) is 0 Å². The first-order valence-corrected chi connectivity index (χ1v) is 4.44. The molecule has 0 amide bonds. The van der Waals surface area contributed by atoms with E-state index in [9.17, 15) is 0 Å². The molecule has 0 unspecified atom stereocenters. The summed E-state index contributed by atoms with van der Waals surface area (Å²) in [6, 6.07) is 14.4. The van der Waals surface area contributed by atoms with E-state index < -0.39 is 0 Å². The number of hydrogen-bond donors (Lipinski definition) is 0. The molecule has 0 fully saturated rings. The summed E-state index contributed by atoms with van der Waals surface area (Å²) >= 11 is 0. The molecule has 1 heterocycles. The summed E-state index contributed by atoms with van der Waals surface area (Å²) in [5.74, 6) is 2.01. The molecule has 0 atom stereocenters. The smallest absolute Gasteiger partial charge is 0.108 e. The number of furan rings is 1. The van der Waals surface area contributed by atoms with Gasteiger partial charge in [-0.2, -0.15) is 0 Å². The predicted molar refractivity (Wildman–Crippen MR) is 52.7 cm³/mol. The molecule has 0 N–H and O–H groups in total. The van der Waals surface area contributed by atoms with E-state index in [0.29, 0.717) is 0 Å². The number of benzene rings is 1. The Balaban J connectivity index is 2.15. The van der Waals surface area contributed by atoms with Crippen molar-refractivity contribution >= 4 is 0 Å². The van der Waals surface area contributed by atoms with Crippen LogP contribution in [0.25, 0.3) is 0 Å². The van der Waals surface area contributed by atoms with Gasteiger partial charge in [0.2, 0.25) is 0 Å². The van der Waals surface area contributed by atoms with E-state index in [4.69, 9.17) is 4.42 Å². The molecule has 2 aromatic rings. The number of aryl methyl sites for hydroxylation is 1. The van der Waals surface area contributed by atoms with Crippen molar-refractivity contribution in [3.63, 3.8) is 0 Å². The summed E-state index contributed by atoms with van der Waals surface area (Å²) < 4.78 is 5.49. The molecule has 66 valence electrons. The Kier molecular flexibility index (Phi) is 2.17. The average molecular weight is 172 g/mol. The second-order valence-electron chi connectivity index (χ2n) is 3.17. The van der Waals surface area contributed by atoms with Gasteiger partial charge in [-0.1, -0.05) is 30.3 Å². The van der Waals surface area contributed by atoms with Crippen molar-refractivity contribution < 1.29 is 4.42 Å². The lowest BCUT2D eigenvalue weighted by atomic mass is 10.1. The maximum absolute atomic E-state index is 5.49. The summed E-state index contributed by atoms with van der Waals surface area (Å²) in [5.41, 5.74) is 1.29. The fraction of sp³-hybridized carbons (Fsp3) is 0.167. The van der Waals surface area contributed by atoms with E-state index in [1.54, 1.807) is 0 Å². The molecule has 0 aliphatic heterocycles. The summed E-state index contributed by atoms with van der Waals surface area (Å²) in [6.07, 6.45) is 0.884. The van der Waals surface area contributed by atoms with Crippen LogP contribution in [0.15, 0.2) is 46.9 Å². The molecular formula is C12H12O. The van der Waals surface area contributed by atoms with Crippen LogP contribution < -0.4 is 0 Å². The van der Waals surface area contributed by atoms with E-state index in [-0.39, 0.29) is 0 Å². The molecule has 0 radical (unpaired) electrons. The molecule has 0 spiro atoms. The second-order valence-corrected chi connectivity index (χ2v) is 3.17. The molecule has 1 aromatic carbocycles. The Morgan fingerprint density at radius 3 is 2.38 bits per heavy atom. The Morgan fingerprint density at radius 1 is 1.00 bits per heavy atom. The molecule has 0 bridgehead atoms. The quantitative estimate of drug-likeness (QED) is 0.678. The van der Waals surface area contributed by atoms with Crippen LogP contribution in [-0.2, 0) is 6.42 Å². The normalized spacial score (nSPS) is 10.2. The monoisotopic (exact) mass is 172 g/mol. The van der Waals surface area contributed by atoms with Crippen LogP contribution in [0.3, 0.4) is 0 Å². The van der Waals surface area contributed by atoms with Gasteiger partial charge in [-0.05, 0) is 24.6 Å². The molecule has 0 aliphatic carbocycles. The molecule has 0 saturated carbocycles. The standard InChI is InChI=1S/C12H12O/c1-10-7-8-12(13-10)9-11-5-3-2-4-6-11/h2-8H,9H2,1H3. The first kappa shape index (κ1) is 8.11. The highest BCUT2D eigenvalue weighted by atomic mass is 16.3. The first-order valence-electron chi connectivity index (χ1n) is 4.44. The van der Waals surface area contributed by atoms with Crippen LogP contribution in [0.1, 0.15) is 17.1 Å². The minimum atomic E-state index is 0.884. The molecule has 2 rings (SSSR count). The van der Waals surface area contributed by atoms with E-state index in [2.05, 4.69) is 12.1 Å². The Labute approximate surface area is 78.0 Å². The highest BCUT2D eigenvalue weighted by Crippen LogP contribution is 2.11. The van der Waals surface area contributed by atoms with Crippen molar-refractivity contribution in [2.24, 2.45) is 0 Å². The van der Waals surface area contributed by atoms with Crippen molar-refractivity contribution in [2.75, 3.05) is 0 Å². The van der Waals surface area contributed by atoms with Gasteiger partial charge in [-0.15, -0.1) is 0 Å². The van der Waals surface area contributed by atoms with Crippen molar-refractivity contribution in [1.29, 1.82) is 0 Å². The van der Waals surface area contributed by atoms with Gasteiger partial charge in [0.1, 0.15) is 11.5 Å². The van der Waals surface area contributed by atoms with Crippen LogP contribution in [0.5, 0.6) is 0 Å². The van der Waals surface area contributed by atoms with E-state index >= 15 is 0 Å².